The van der Waals surface area contributed by atoms with E-state index < -0.39 is 0 Å². The topological polar surface area (TPSA) is 69.2 Å². The van der Waals surface area contributed by atoms with Gasteiger partial charge in [-0.3, -0.25) is 9.97 Å². The van der Waals surface area contributed by atoms with E-state index >= 15 is 0 Å². The summed E-state index contributed by atoms with van der Waals surface area (Å²) >= 11 is 0. The molecular formula is C18H18N4O2. The summed E-state index contributed by atoms with van der Waals surface area (Å²) in [5, 5.41) is 3.32. The van der Waals surface area contributed by atoms with Gasteiger partial charge in [0.05, 0.1) is 14.2 Å². The molecule has 0 saturated heterocycles. The number of hydrogen-bond acceptors (Lipinski definition) is 6. The van der Waals surface area contributed by atoms with Gasteiger partial charge in [-0.2, -0.15) is 0 Å². The first kappa shape index (κ1) is 15.7. The lowest BCUT2D eigenvalue weighted by molar-refractivity contribution is 0.352. The number of methoxy groups -OCH3 is 2. The Bertz CT molecular complexity index is 809. The molecule has 0 aliphatic rings. The summed E-state index contributed by atoms with van der Waals surface area (Å²) in [5.74, 6) is 2.10. The Hall–Kier alpha value is -3.15. The van der Waals surface area contributed by atoms with Gasteiger partial charge in [-0.15, -0.1) is 0 Å². The van der Waals surface area contributed by atoms with Crippen molar-refractivity contribution < 1.29 is 9.47 Å². The van der Waals surface area contributed by atoms with E-state index in [-0.39, 0.29) is 0 Å². The zero-order valence-corrected chi connectivity index (χ0v) is 13.6. The minimum absolute atomic E-state index is 0.534. The molecule has 24 heavy (non-hydrogen) atoms. The summed E-state index contributed by atoms with van der Waals surface area (Å²) in [4.78, 5) is 12.9. The third kappa shape index (κ3) is 3.27. The van der Waals surface area contributed by atoms with Crippen LogP contribution < -0.4 is 14.8 Å². The van der Waals surface area contributed by atoms with E-state index in [0.717, 1.165) is 16.8 Å². The van der Waals surface area contributed by atoms with Crippen molar-refractivity contribution in [1.29, 1.82) is 0 Å². The van der Waals surface area contributed by atoms with Gasteiger partial charge < -0.3 is 14.8 Å². The number of para-hydroxylation sites is 1. The standard InChI is InChI=1S/C18H18N4O2/c1-23-15-7-3-5-14(17(15)24-2)12-22-18-16(20-9-10-21-18)13-6-4-8-19-11-13/h3-11H,12H2,1-2H3,(H,21,22). The van der Waals surface area contributed by atoms with Crippen molar-refractivity contribution in [1.82, 2.24) is 15.0 Å². The van der Waals surface area contributed by atoms with Gasteiger partial charge in [0.1, 0.15) is 5.69 Å². The van der Waals surface area contributed by atoms with Crippen LogP contribution >= 0.6 is 0 Å². The fourth-order valence-electron chi connectivity index (χ4n) is 2.45. The summed E-state index contributed by atoms with van der Waals surface area (Å²) in [7, 11) is 3.25. The zero-order chi connectivity index (χ0) is 16.8. The highest BCUT2D eigenvalue weighted by molar-refractivity contribution is 5.70. The molecule has 1 aromatic carbocycles. The molecule has 0 unspecified atom stereocenters. The highest BCUT2D eigenvalue weighted by Crippen LogP contribution is 2.31. The molecule has 0 aliphatic carbocycles. The summed E-state index contributed by atoms with van der Waals surface area (Å²) in [6, 6.07) is 9.60. The van der Waals surface area contributed by atoms with Crippen molar-refractivity contribution in [2.45, 2.75) is 6.54 Å². The molecule has 0 saturated carbocycles. The van der Waals surface area contributed by atoms with Gasteiger partial charge in [-0.05, 0) is 18.2 Å². The van der Waals surface area contributed by atoms with E-state index in [2.05, 4.69) is 20.3 Å². The summed E-state index contributed by atoms with van der Waals surface area (Å²) in [6.45, 7) is 0.534. The first-order valence-corrected chi connectivity index (χ1v) is 7.48. The second-order valence-corrected chi connectivity index (χ2v) is 5.00. The van der Waals surface area contributed by atoms with Gasteiger partial charge in [0.25, 0.3) is 0 Å². The number of rotatable bonds is 6. The number of aromatic nitrogens is 3. The fourth-order valence-corrected chi connectivity index (χ4v) is 2.45. The van der Waals surface area contributed by atoms with Crippen LogP contribution in [0.2, 0.25) is 0 Å². The van der Waals surface area contributed by atoms with Crippen LogP contribution in [-0.4, -0.2) is 29.2 Å². The van der Waals surface area contributed by atoms with Crippen molar-refractivity contribution in [2.75, 3.05) is 19.5 Å². The predicted molar refractivity (Wildman–Crippen MR) is 92.1 cm³/mol. The number of nitrogens with zero attached hydrogens (tertiary/aromatic N) is 3. The molecule has 122 valence electrons. The van der Waals surface area contributed by atoms with Crippen LogP contribution in [0.15, 0.2) is 55.1 Å². The van der Waals surface area contributed by atoms with Gasteiger partial charge in [0, 0.05) is 42.5 Å². The van der Waals surface area contributed by atoms with Crippen LogP contribution in [0.1, 0.15) is 5.56 Å². The molecule has 0 spiro atoms. The first-order valence-electron chi connectivity index (χ1n) is 7.48. The van der Waals surface area contributed by atoms with Crippen LogP contribution in [0.3, 0.4) is 0 Å². The zero-order valence-electron chi connectivity index (χ0n) is 13.6. The van der Waals surface area contributed by atoms with E-state index in [9.17, 15) is 0 Å². The number of nitrogens with one attached hydrogen (secondary N) is 1. The molecule has 0 radical (unpaired) electrons. The average molecular weight is 322 g/mol. The highest BCUT2D eigenvalue weighted by atomic mass is 16.5. The maximum Gasteiger partial charge on any atom is 0.165 e. The fraction of sp³-hybridized carbons (Fsp3) is 0.167. The third-order valence-corrected chi connectivity index (χ3v) is 3.56. The normalized spacial score (nSPS) is 10.2. The minimum atomic E-state index is 0.534. The van der Waals surface area contributed by atoms with E-state index in [1.54, 1.807) is 39.0 Å². The smallest absolute Gasteiger partial charge is 0.165 e. The number of benzene rings is 1. The van der Waals surface area contributed by atoms with E-state index in [0.29, 0.717) is 23.9 Å². The predicted octanol–water partition coefficient (Wildman–Crippen LogP) is 3.17. The lowest BCUT2D eigenvalue weighted by Gasteiger charge is -2.14. The van der Waals surface area contributed by atoms with Crippen molar-refractivity contribution in [3.63, 3.8) is 0 Å². The monoisotopic (exact) mass is 322 g/mol. The Morgan fingerprint density at radius 3 is 2.58 bits per heavy atom. The Balaban J connectivity index is 1.86. The van der Waals surface area contributed by atoms with E-state index in [1.807, 2.05) is 30.3 Å². The first-order chi connectivity index (χ1) is 11.8. The van der Waals surface area contributed by atoms with Gasteiger partial charge in [-0.25, -0.2) is 4.98 Å². The number of anilines is 1. The molecule has 0 atom stereocenters. The van der Waals surface area contributed by atoms with Crippen molar-refractivity contribution in [3.05, 3.63) is 60.7 Å². The molecule has 1 N–H and O–H groups in total. The Kier molecular flexibility index (Phi) is 4.86. The number of ether oxygens (including phenoxy) is 2. The molecule has 6 nitrogen and oxygen atoms in total. The second-order valence-electron chi connectivity index (χ2n) is 5.00. The lowest BCUT2D eigenvalue weighted by atomic mass is 10.1. The molecule has 3 aromatic rings. The highest BCUT2D eigenvalue weighted by Gasteiger charge is 2.12. The Labute approximate surface area is 140 Å². The Morgan fingerprint density at radius 1 is 0.958 bits per heavy atom. The minimum Gasteiger partial charge on any atom is -0.493 e. The molecule has 0 aliphatic heterocycles. The van der Waals surface area contributed by atoms with Crippen molar-refractivity contribution in [2.24, 2.45) is 0 Å². The van der Waals surface area contributed by atoms with Crippen LogP contribution in [0.25, 0.3) is 11.3 Å². The quantitative estimate of drug-likeness (QED) is 0.752. The molecule has 0 amide bonds. The lowest BCUT2D eigenvalue weighted by Crippen LogP contribution is -2.06. The van der Waals surface area contributed by atoms with Crippen LogP contribution in [0.4, 0.5) is 5.82 Å². The summed E-state index contributed by atoms with van der Waals surface area (Å²) in [6.07, 6.45) is 6.82. The van der Waals surface area contributed by atoms with Gasteiger partial charge in [0.2, 0.25) is 0 Å². The molecule has 2 heterocycles. The van der Waals surface area contributed by atoms with Crippen molar-refractivity contribution in [3.8, 4) is 22.8 Å². The van der Waals surface area contributed by atoms with E-state index in [1.165, 1.54) is 0 Å². The number of pyridine rings is 1. The van der Waals surface area contributed by atoms with Gasteiger partial charge in [-0.1, -0.05) is 12.1 Å². The molecule has 3 rings (SSSR count). The molecule has 2 aromatic heterocycles. The van der Waals surface area contributed by atoms with Crippen LogP contribution in [0.5, 0.6) is 11.5 Å². The van der Waals surface area contributed by atoms with Crippen molar-refractivity contribution >= 4 is 5.82 Å². The van der Waals surface area contributed by atoms with Gasteiger partial charge >= 0.3 is 0 Å². The summed E-state index contributed by atoms with van der Waals surface area (Å²) < 4.78 is 10.8. The third-order valence-electron chi connectivity index (χ3n) is 3.56. The maximum absolute atomic E-state index is 5.46. The Morgan fingerprint density at radius 2 is 1.83 bits per heavy atom. The SMILES string of the molecule is COc1cccc(CNc2nccnc2-c2cccnc2)c1OC. The molecule has 6 heteroatoms. The second kappa shape index (κ2) is 7.41. The molecule has 0 bridgehead atoms. The van der Waals surface area contributed by atoms with Crippen LogP contribution in [0, 0.1) is 0 Å². The van der Waals surface area contributed by atoms with Gasteiger partial charge in [0.15, 0.2) is 17.3 Å². The van der Waals surface area contributed by atoms with Crippen LogP contribution in [-0.2, 0) is 6.54 Å². The largest absolute Gasteiger partial charge is 0.493 e. The van der Waals surface area contributed by atoms with E-state index in [4.69, 9.17) is 9.47 Å². The summed E-state index contributed by atoms with van der Waals surface area (Å²) in [5.41, 5.74) is 2.64. The average Bonchev–Trinajstić information content (AvgIpc) is 2.66. The molecule has 0 fully saturated rings. The molecular weight excluding hydrogens is 304 g/mol. The maximum atomic E-state index is 5.46. The number of hydrogen-bond donors (Lipinski definition) is 1.